The van der Waals surface area contributed by atoms with E-state index in [9.17, 15) is 4.79 Å². The Labute approximate surface area is 107 Å². The summed E-state index contributed by atoms with van der Waals surface area (Å²) in [5, 5.41) is 12.5. The van der Waals surface area contributed by atoms with Crippen molar-refractivity contribution in [3.05, 3.63) is 34.3 Å². The first kappa shape index (κ1) is 14.0. The molecule has 0 aliphatic heterocycles. The van der Waals surface area contributed by atoms with Crippen molar-refractivity contribution in [1.29, 1.82) is 0 Å². The Morgan fingerprint density at radius 1 is 1.53 bits per heavy atom. The van der Waals surface area contributed by atoms with Crippen molar-refractivity contribution in [2.24, 2.45) is 0 Å². The number of hydrogen-bond acceptors (Lipinski definition) is 2. The Kier molecular flexibility index (Phi) is 5.45. The third-order valence-corrected chi connectivity index (χ3v) is 2.76. The number of aliphatic hydroxyl groups excluding tert-OH is 1. The summed E-state index contributed by atoms with van der Waals surface area (Å²) in [5.41, 5.74) is 1.51. The summed E-state index contributed by atoms with van der Waals surface area (Å²) in [6.45, 7) is 4.18. The average Bonchev–Trinajstić information content (AvgIpc) is 2.27. The minimum Gasteiger partial charge on any atom is -0.393 e. The number of carbonyl (C=O) groups excluding carboxylic acids is 1. The van der Waals surface area contributed by atoms with Crippen LogP contribution in [0.1, 0.15) is 35.7 Å². The Morgan fingerprint density at radius 2 is 2.24 bits per heavy atom. The Balaban J connectivity index is 2.49. The van der Waals surface area contributed by atoms with Crippen LogP contribution in [0.25, 0.3) is 0 Å². The van der Waals surface area contributed by atoms with Crippen molar-refractivity contribution in [3.8, 4) is 0 Å². The highest BCUT2D eigenvalue weighted by Gasteiger charge is 2.08. The number of nitrogens with one attached hydrogen (secondary N) is 1. The second-order valence-corrected chi connectivity index (χ2v) is 4.64. The van der Waals surface area contributed by atoms with Gasteiger partial charge in [0.15, 0.2) is 0 Å². The lowest BCUT2D eigenvalue weighted by Crippen LogP contribution is -2.25. The normalized spacial score (nSPS) is 12.2. The Morgan fingerprint density at radius 3 is 2.88 bits per heavy atom. The first-order valence-electron chi connectivity index (χ1n) is 5.73. The van der Waals surface area contributed by atoms with Crippen LogP contribution >= 0.6 is 11.6 Å². The van der Waals surface area contributed by atoms with E-state index < -0.39 is 0 Å². The molecule has 0 saturated heterocycles. The van der Waals surface area contributed by atoms with E-state index in [2.05, 4.69) is 5.32 Å². The highest BCUT2D eigenvalue weighted by molar-refractivity contribution is 6.31. The van der Waals surface area contributed by atoms with Crippen LogP contribution in [0.4, 0.5) is 0 Å². The van der Waals surface area contributed by atoms with Gasteiger partial charge < -0.3 is 10.4 Å². The maximum Gasteiger partial charge on any atom is 0.251 e. The van der Waals surface area contributed by atoms with Crippen LogP contribution in [-0.4, -0.2) is 23.7 Å². The maximum atomic E-state index is 11.8. The van der Waals surface area contributed by atoms with Crippen molar-refractivity contribution >= 4 is 17.5 Å². The first-order chi connectivity index (χ1) is 8.00. The number of rotatable bonds is 5. The molecule has 4 heteroatoms. The highest BCUT2D eigenvalue weighted by Crippen LogP contribution is 2.15. The lowest BCUT2D eigenvalue weighted by Gasteiger charge is -2.08. The quantitative estimate of drug-likeness (QED) is 0.795. The van der Waals surface area contributed by atoms with Crippen LogP contribution in [0.5, 0.6) is 0 Å². The molecule has 0 aliphatic rings. The largest absolute Gasteiger partial charge is 0.393 e. The van der Waals surface area contributed by atoms with E-state index in [1.807, 2.05) is 13.0 Å². The molecule has 0 heterocycles. The van der Waals surface area contributed by atoms with Crippen molar-refractivity contribution < 1.29 is 9.90 Å². The summed E-state index contributed by atoms with van der Waals surface area (Å²) in [4.78, 5) is 11.8. The van der Waals surface area contributed by atoms with Gasteiger partial charge in [0.05, 0.1) is 6.10 Å². The number of amides is 1. The minimum absolute atomic E-state index is 0.115. The fraction of sp³-hybridized carbons (Fsp3) is 0.462. The highest BCUT2D eigenvalue weighted by atomic mass is 35.5. The van der Waals surface area contributed by atoms with Crippen molar-refractivity contribution in [1.82, 2.24) is 5.32 Å². The van der Waals surface area contributed by atoms with E-state index in [4.69, 9.17) is 16.7 Å². The van der Waals surface area contributed by atoms with Crippen LogP contribution in [-0.2, 0) is 0 Å². The summed E-state index contributed by atoms with van der Waals surface area (Å²) in [7, 11) is 0. The number of benzene rings is 1. The zero-order valence-electron chi connectivity index (χ0n) is 10.2. The Bertz CT molecular complexity index is 391. The van der Waals surface area contributed by atoms with Gasteiger partial charge in [-0.2, -0.15) is 0 Å². The van der Waals surface area contributed by atoms with E-state index in [0.717, 1.165) is 12.0 Å². The summed E-state index contributed by atoms with van der Waals surface area (Å²) < 4.78 is 0. The first-order valence-corrected chi connectivity index (χ1v) is 6.11. The number of halogens is 1. The van der Waals surface area contributed by atoms with Gasteiger partial charge in [-0.25, -0.2) is 0 Å². The molecule has 0 spiro atoms. The van der Waals surface area contributed by atoms with Gasteiger partial charge in [0.2, 0.25) is 0 Å². The fourth-order valence-electron chi connectivity index (χ4n) is 1.53. The summed E-state index contributed by atoms with van der Waals surface area (Å²) in [5.74, 6) is -0.115. The van der Waals surface area contributed by atoms with Gasteiger partial charge in [-0.1, -0.05) is 17.7 Å². The molecule has 17 heavy (non-hydrogen) atoms. The summed E-state index contributed by atoms with van der Waals surface area (Å²) >= 11 is 5.85. The van der Waals surface area contributed by atoms with E-state index in [1.165, 1.54) is 0 Å². The molecule has 2 N–H and O–H groups in total. The third kappa shape index (κ3) is 4.75. The average molecular weight is 256 g/mol. The van der Waals surface area contributed by atoms with Crippen LogP contribution in [0.3, 0.4) is 0 Å². The number of hydrogen-bond donors (Lipinski definition) is 2. The molecule has 94 valence electrons. The SMILES string of the molecule is Cc1ccc(Cl)cc1C(=O)NCCCC(C)O. The van der Waals surface area contributed by atoms with Gasteiger partial charge in [0.25, 0.3) is 5.91 Å². The molecule has 1 rings (SSSR count). The maximum absolute atomic E-state index is 11.8. The molecule has 1 unspecified atom stereocenters. The molecule has 1 amide bonds. The van der Waals surface area contributed by atoms with Crippen molar-refractivity contribution in [2.75, 3.05) is 6.54 Å². The fourth-order valence-corrected chi connectivity index (χ4v) is 1.71. The van der Waals surface area contributed by atoms with Gasteiger partial charge >= 0.3 is 0 Å². The van der Waals surface area contributed by atoms with Gasteiger partial charge in [0, 0.05) is 17.1 Å². The van der Waals surface area contributed by atoms with Crippen molar-refractivity contribution in [2.45, 2.75) is 32.8 Å². The lowest BCUT2D eigenvalue weighted by atomic mass is 10.1. The smallest absolute Gasteiger partial charge is 0.251 e. The molecule has 0 aromatic heterocycles. The van der Waals surface area contributed by atoms with E-state index in [-0.39, 0.29) is 12.0 Å². The number of aliphatic hydroxyl groups is 1. The van der Waals surface area contributed by atoms with Crippen LogP contribution in [0.15, 0.2) is 18.2 Å². The predicted octanol–water partition coefficient (Wildman–Crippen LogP) is 2.54. The zero-order chi connectivity index (χ0) is 12.8. The van der Waals surface area contributed by atoms with Crippen LogP contribution in [0.2, 0.25) is 5.02 Å². The Hall–Kier alpha value is -1.06. The summed E-state index contributed by atoms with van der Waals surface area (Å²) in [6, 6.07) is 5.26. The number of aryl methyl sites for hydroxylation is 1. The van der Waals surface area contributed by atoms with Crippen LogP contribution in [0, 0.1) is 6.92 Å². The molecule has 0 fully saturated rings. The molecule has 0 radical (unpaired) electrons. The molecule has 3 nitrogen and oxygen atoms in total. The molecular weight excluding hydrogens is 238 g/mol. The van der Waals surface area contributed by atoms with Crippen molar-refractivity contribution in [3.63, 3.8) is 0 Å². The standard InChI is InChI=1S/C13H18ClNO2/c1-9-5-6-11(14)8-12(9)13(17)15-7-3-4-10(2)16/h5-6,8,10,16H,3-4,7H2,1-2H3,(H,15,17). The van der Waals surface area contributed by atoms with Crippen LogP contribution < -0.4 is 5.32 Å². The molecule has 1 atom stereocenters. The van der Waals surface area contributed by atoms with E-state index in [1.54, 1.807) is 19.1 Å². The van der Waals surface area contributed by atoms with Gasteiger partial charge in [-0.05, 0) is 44.4 Å². The molecule has 0 saturated carbocycles. The summed E-state index contributed by atoms with van der Waals surface area (Å²) in [6.07, 6.45) is 1.14. The monoisotopic (exact) mass is 255 g/mol. The van der Waals surface area contributed by atoms with Gasteiger partial charge in [-0.15, -0.1) is 0 Å². The molecule has 1 aromatic carbocycles. The van der Waals surface area contributed by atoms with E-state index >= 15 is 0 Å². The molecular formula is C13H18ClNO2. The topological polar surface area (TPSA) is 49.3 Å². The molecule has 1 aromatic rings. The second kappa shape index (κ2) is 6.62. The van der Waals surface area contributed by atoms with E-state index in [0.29, 0.717) is 23.6 Å². The van der Waals surface area contributed by atoms with Gasteiger partial charge in [0.1, 0.15) is 0 Å². The second-order valence-electron chi connectivity index (χ2n) is 4.21. The number of carbonyl (C=O) groups is 1. The lowest BCUT2D eigenvalue weighted by molar-refractivity contribution is 0.0949. The molecule has 0 bridgehead atoms. The van der Waals surface area contributed by atoms with Gasteiger partial charge in [-0.3, -0.25) is 4.79 Å². The third-order valence-electron chi connectivity index (χ3n) is 2.53. The molecule has 0 aliphatic carbocycles. The minimum atomic E-state index is -0.320. The zero-order valence-corrected chi connectivity index (χ0v) is 10.9. The predicted molar refractivity (Wildman–Crippen MR) is 69.4 cm³/mol.